The van der Waals surface area contributed by atoms with Crippen LogP contribution in [-0.4, -0.2) is 24.1 Å². The van der Waals surface area contributed by atoms with E-state index in [9.17, 15) is 5.11 Å². The smallest absolute Gasteiger partial charge is 0.168 e. The molecule has 0 aromatic heterocycles. The highest BCUT2D eigenvalue weighted by Gasteiger charge is 2.32. The van der Waals surface area contributed by atoms with Gasteiger partial charge < -0.3 is 10.8 Å². The Morgan fingerprint density at radius 3 is 2.70 bits per heavy atom. The first-order valence-corrected chi connectivity index (χ1v) is 8.74. The van der Waals surface area contributed by atoms with E-state index < -0.39 is 6.23 Å². The summed E-state index contributed by atoms with van der Waals surface area (Å²) in [5.74, 6) is 7.76. The maximum absolute atomic E-state index is 10.1. The van der Waals surface area contributed by atoms with E-state index in [-0.39, 0.29) is 11.3 Å². The second-order valence-corrected chi connectivity index (χ2v) is 7.00. The van der Waals surface area contributed by atoms with Crippen molar-refractivity contribution in [3.63, 3.8) is 0 Å². The Labute approximate surface area is 141 Å². The molecule has 0 fully saturated rings. The van der Waals surface area contributed by atoms with Crippen molar-refractivity contribution in [3.8, 4) is 11.8 Å². The molecule has 0 amide bonds. The number of nitrogens with two attached hydrogens (primary N) is 1. The molecule has 0 radical (unpaired) electrons. The predicted octanol–water partition coefficient (Wildman–Crippen LogP) is 2.89. The zero-order chi connectivity index (χ0) is 17.5. The van der Waals surface area contributed by atoms with Crippen LogP contribution in [0.25, 0.3) is 0 Å². The number of aliphatic hydroxyl groups excluding tert-OH is 1. The van der Waals surface area contributed by atoms with Crippen LogP contribution < -0.4 is 11.1 Å². The van der Waals surface area contributed by atoms with Gasteiger partial charge in [-0.15, -0.1) is 0 Å². The SMILES string of the molecule is CC[C@H](C)[C@H](C)C(C)(CC)CNC(O)C#CC1C=NC(N)=CC1. The normalized spacial score (nSPS) is 23.9. The maximum Gasteiger partial charge on any atom is 0.168 e. The van der Waals surface area contributed by atoms with Crippen LogP contribution in [0.15, 0.2) is 16.9 Å². The first-order valence-electron chi connectivity index (χ1n) is 8.74. The number of aliphatic hydroxyl groups is 1. The Bertz CT molecular complexity index is 489. The van der Waals surface area contributed by atoms with Crippen molar-refractivity contribution < 1.29 is 5.11 Å². The van der Waals surface area contributed by atoms with Gasteiger partial charge in [0.2, 0.25) is 0 Å². The average molecular weight is 319 g/mol. The van der Waals surface area contributed by atoms with Gasteiger partial charge in [0, 0.05) is 12.8 Å². The summed E-state index contributed by atoms with van der Waals surface area (Å²) >= 11 is 0. The largest absolute Gasteiger partial charge is 0.384 e. The van der Waals surface area contributed by atoms with Crippen LogP contribution in [0.5, 0.6) is 0 Å². The topological polar surface area (TPSA) is 70.6 Å². The Kier molecular flexibility index (Phi) is 7.81. The van der Waals surface area contributed by atoms with Gasteiger partial charge in [-0.1, -0.05) is 52.9 Å². The van der Waals surface area contributed by atoms with Crippen LogP contribution in [-0.2, 0) is 0 Å². The molecule has 3 unspecified atom stereocenters. The number of nitrogens with one attached hydrogen (secondary N) is 1. The Balaban J connectivity index is 2.54. The van der Waals surface area contributed by atoms with E-state index in [1.807, 2.05) is 6.08 Å². The van der Waals surface area contributed by atoms with Gasteiger partial charge in [-0.25, -0.2) is 4.99 Å². The van der Waals surface area contributed by atoms with Crippen molar-refractivity contribution in [2.45, 2.75) is 60.1 Å². The van der Waals surface area contributed by atoms with Crippen LogP contribution in [0.2, 0.25) is 0 Å². The second kappa shape index (κ2) is 9.10. The molecule has 4 heteroatoms. The maximum atomic E-state index is 10.1. The van der Waals surface area contributed by atoms with Gasteiger partial charge in [0.25, 0.3) is 0 Å². The van der Waals surface area contributed by atoms with E-state index in [2.05, 4.69) is 56.8 Å². The Hall–Kier alpha value is -1.31. The minimum absolute atomic E-state index is 0.0374. The number of hydrogen-bond acceptors (Lipinski definition) is 4. The molecule has 130 valence electrons. The summed E-state index contributed by atoms with van der Waals surface area (Å²) in [4.78, 5) is 4.05. The molecule has 4 N–H and O–H groups in total. The van der Waals surface area contributed by atoms with Gasteiger partial charge in [-0.2, -0.15) is 0 Å². The molecule has 0 saturated carbocycles. The first-order chi connectivity index (χ1) is 10.8. The van der Waals surface area contributed by atoms with Gasteiger partial charge in [-0.05, 0) is 36.2 Å². The van der Waals surface area contributed by atoms with E-state index in [1.54, 1.807) is 6.21 Å². The molecular formula is C19H33N3O. The lowest BCUT2D eigenvalue weighted by Crippen LogP contribution is -2.42. The minimum Gasteiger partial charge on any atom is -0.384 e. The van der Waals surface area contributed by atoms with E-state index in [0.29, 0.717) is 17.7 Å². The van der Waals surface area contributed by atoms with E-state index >= 15 is 0 Å². The summed E-state index contributed by atoms with van der Waals surface area (Å²) in [6.07, 6.45) is 5.81. The third-order valence-electron chi connectivity index (χ3n) is 5.49. The number of allylic oxidation sites excluding steroid dienone is 1. The Morgan fingerprint density at radius 2 is 2.17 bits per heavy atom. The fourth-order valence-corrected chi connectivity index (χ4v) is 2.85. The highest BCUT2D eigenvalue weighted by atomic mass is 16.3. The van der Waals surface area contributed by atoms with Gasteiger partial charge in [-0.3, -0.25) is 5.32 Å². The van der Waals surface area contributed by atoms with Crippen molar-refractivity contribution in [1.29, 1.82) is 0 Å². The van der Waals surface area contributed by atoms with Crippen molar-refractivity contribution in [2.24, 2.45) is 33.9 Å². The van der Waals surface area contributed by atoms with E-state index in [1.165, 1.54) is 6.42 Å². The summed E-state index contributed by atoms with van der Waals surface area (Å²) in [5, 5.41) is 13.3. The molecule has 1 heterocycles. The molecule has 23 heavy (non-hydrogen) atoms. The number of nitrogens with zero attached hydrogens (tertiary/aromatic N) is 1. The van der Waals surface area contributed by atoms with Crippen LogP contribution in [0.1, 0.15) is 53.9 Å². The van der Waals surface area contributed by atoms with E-state index in [0.717, 1.165) is 19.4 Å². The molecule has 0 aliphatic carbocycles. The summed E-state index contributed by atoms with van der Waals surface area (Å²) < 4.78 is 0. The average Bonchev–Trinajstić information content (AvgIpc) is 2.57. The van der Waals surface area contributed by atoms with E-state index in [4.69, 9.17) is 5.73 Å². The van der Waals surface area contributed by atoms with Crippen LogP contribution in [0.4, 0.5) is 0 Å². The highest BCUT2D eigenvalue weighted by Crippen LogP contribution is 2.36. The first kappa shape index (κ1) is 19.7. The van der Waals surface area contributed by atoms with Gasteiger partial charge in [0.05, 0.1) is 5.92 Å². The lowest BCUT2D eigenvalue weighted by atomic mass is 9.69. The summed E-state index contributed by atoms with van der Waals surface area (Å²) in [6, 6.07) is 0. The summed E-state index contributed by atoms with van der Waals surface area (Å²) in [5.41, 5.74) is 5.74. The highest BCUT2D eigenvalue weighted by molar-refractivity contribution is 5.67. The molecule has 0 bridgehead atoms. The van der Waals surface area contributed by atoms with Crippen LogP contribution in [0, 0.1) is 35.0 Å². The standard InChI is InChI=1S/C19H33N3O/c1-6-14(3)15(4)19(5,7-2)13-22-18(23)11-9-16-8-10-17(20)21-12-16/h10,12,14-16,18,22-23H,6-8,13,20H2,1-5H3/t14-,15-,16?,18?,19?/m0/s1. The minimum atomic E-state index is -0.804. The molecule has 1 aliphatic heterocycles. The fraction of sp³-hybridized carbons (Fsp3) is 0.737. The fourth-order valence-electron chi connectivity index (χ4n) is 2.85. The summed E-state index contributed by atoms with van der Waals surface area (Å²) in [6.45, 7) is 12.1. The van der Waals surface area contributed by atoms with Gasteiger partial charge in [0.15, 0.2) is 6.23 Å². The molecule has 5 atom stereocenters. The number of hydrogen-bond donors (Lipinski definition) is 3. The van der Waals surface area contributed by atoms with Gasteiger partial charge in [0.1, 0.15) is 5.82 Å². The number of aliphatic imine (C=N–C) groups is 1. The quantitative estimate of drug-likeness (QED) is 0.499. The molecule has 1 aliphatic rings. The number of rotatable bonds is 7. The van der Waals surface area contributed by atoms with Gasteiger partial charge >= 0.3 is 0 Å². The predicted molar refractivity (Wildman–Crippen MR) is 97.7 cm³/mol. The second-order valence-electron chi connectivity index (χ2n) is 7.00. The summed E-state index contributed by atoms with van der Waals surface area (Å²) in [7, 11) is 0. The van der Waals surface area contributed by atoms with Crippen molar-refractivity contribution in [2.75, 3.05) is 6.54 Å². The van der Waals surface area contributed by atoms with Crippen LogP contribution >= 0.6 is 0 Å². The molecule has 4 nitrogen and oxygen atoms in total. The molecule has 1 rings (SSSR count). The zero-order valence-electron chi connectivity index (χ0n) is 15.3. The third kappa shape index (κ3) is 6.01. The third-order valence-corrected chi connectivity index (χ3v) is 5.49. The lowest BCUT2D eigenvalue weighted by Gasteiger charge is -2.39. The molecular weight excluding hydrogens is 286 g/mol. The molecule has 0 spiro atoms. The van der Waals surface area contributed by atoms with Crippen LogP contribution in [0.3, 0.4) is 0 Å². The van der Waals surface area contributed by atoms with Crippen molar-refractivity contribution in [1.82, 2.24) is 5.32 Å². The molecule has 0 aromatic carbocycles. The van der Waals surface area contributed by atoms with Crippen molar-refractivity contribution in [3.05, 3.63) is 11.9 Å². The monoisotopic (exact) mass is 319 g/mol. The lowest BCUT2D eigenvalue weighted by molar-refractivity contribution is 0.101. The molecule has 0 saturated heterocycles. The Morgan fingerprint density at radius 1 is 1.48 bits per heavy atom. The van der Waals surface area contributed by atoms with Crippen molar-refractivity contribution >= 4 is 6.21 Å². The molecule has 0 aromatic rings. The zero-order valence-corrected chi connectivity index (χ0v) is 15.3.